The highest BCUT2D eigenvalue weighted by atomic mass is 32.1. The Morgan fingerprint density at radius 3 is 3.08 bits per heavy atom. The highest BCUT2D eigenvalue weighted by Gasteiger charge is 2.14. The van der Waals surface area contributed by atoms with Crippen LogP contribution >= 0.6 is 11.3 Å². The molecule has 0 aliphatic rings. The zero-order chi connectivity index (χ0) is 9.84. The molecule has 0 aliphatic carbocycles. The predicted molar refractivity (Wildman–Crippen MR) is 48.6 cm³/mol. The van der Waals surface area contributed by atoms with Crippen molar-refractivity contribution in [3.05, 3.63) is 21.9 Å². The van der Waals surface area contributed by atoms with E-state index in [2.05, 4.69) is 4.74 Å². The van der Waals surface area contributed by atoms with Crippen LogP contribution in [-0.2, 0) is 4.74 Å². The first-order valence-corrected chi connectivity index (χ1v) is 4.58. The van der Waals surface area contributed by atoms with E-state index in [-0.39, 0.29) is 6.54 Å². The van der Waals surface area contributed by atoms with Crippen LogP contribution < -0.4 is 5.73 Å². The van der Waals surface area contributed by atoms with E-state index in [1.165, 1.54) is 24.5 Å². The van der Waals surface area contributed by atoms with Gasteiger partial charge in [0, 0.05) is 16.8 Å². The molecule has 72 valence electrons. The zero-order valence-corrected chi connectivity index (χ0v) is 7.94. The number of halogens is 1. The number of nitrogens with two attached hydrogens (primary N) is 1. The number of hydrogen-bond acceptors (Lipinski definition) is 4. The molecule has 0 fully saturated rings. The van der Waals surface area contributed by atoms with Gasteiger partial charge >= 0.3 is 5.97 Å². The summed E-state index contributed by atoms with van der Waals surface area (Å²) in [4.78, 5) is 11.4. The fourth-order valence-electron chi connectivity index (χ4n) is 0.858. The molecule has 5 heteroatoms. The first-order chi connectivity index (χ1) is 6.19. The topological polar surface area (TPSA) is 52.3 Å². The molecule has 1 atom stereocenters. The van der Waals surface area contributed by atoms with E-state index in [1.807, 2.05) is 0 Å². The van der Waals surface area contributed by atoms with Crippen LogP contribution in [0.2, 0.25) is 0 Å². The minimum atomic E-state index is -1.19. The second-order valence-electron chi connectivity index (χ2n) is 2.43. The molecule has 3 nitrogen and oxygen atoms in total. The summed E-state index contributed by atoms with van der Waals surface area (Å²) in [6, 6.07) is 1.47. The van der Waals surface area contributed by atoms with E-state index in [0.717, 1.165) is 0 Å². The average molecular weight is 203 g/mol. The monoisotopic (exact) mass is 203 g/mol. The fraction of sp³-hybridized carbons (Fsp3) is 0.375. The van der Waals surface area contributed by atoms with E-state index in [0.29, 0.717) is 10.4 Å². The molecule has 0 aliphatic heterocycles. The molecule has 1 unspecified atom stereocenters. The maximum atomic E-state index is 13.0. The molecular formula is C8H10FNO2S. The Hall–Kier alpha value is -0.940. The van der Waals surface area contributed by atoms with Gasteiger partial charge < -0.3 is 10.5 Å². The lowest BCUT2D eigenvalue weighted by Crippen LogP contribution is -2.06. The predicted octanol–water partition coefficient (Wildman–Crippen LogP) is 1.50. The Bertz CT molecular complexity index is 300. The van der Waals surface area contributed by atoms with Crippen molar-refractivity contribution >= 4 is 17.3 Å². The van der Waals surface area contributed by atoms with E-state index < -0.39 is 12.1 Å². The van der Waals surface area contributed by atoms with Gasteiger partial charge in [0.1, 0.15) is 6.17 Å². The van der Waals surface area contributed by atoms with E-state index in [1.54, 1.807) is 5.38 Å². The Labute approximate surface area is 79.3 Å². The van der Waals surface area contributed by atoms with E-state index in [9.17, 15) is 9.18 Å². The summed E-state index contributed by atoms with van der Waals surface area (Å²) in [5.74, 6) is -0.452. The second-order valence-corrected chi connectivity index (χ2v) is 3.38. The largest absolute Gasteiger partial charge is 0.465 e. The van der Waals surface area contributed by atoms with Gasteiger partial charge in [-0.1, -0.05) is 0 Å². The molecule has 1 heterocycles. The Balaban J connectivity index is 2.80. The molecule has 1 aromatic rings. The summed E-state index contributed by atoms with van der Waals surface area (Å²) in [5, 5.41) is 1.56. The summed E-state index contributed by atoms with van der Waals surface area (Å²) in [7, 11) is 1.29. The van der Waals surface area contributed by atoms with E-state index in [4.69, 9.17) is 5.73 Å². The standard InChI is InChI=1S/C8H10FNO2S/c1-12-8(11)5-2-7(13-4-5)6(9)3-10/h2,4,6H,3,10H2,1H3. The van der Waals surface area contributed by atoms with Crippen LogP contribution in [0.4, 0.5) is 4.39 Å². The van der Waals surface area contributed by atoms with Gasteiger partial charge in [-0.3, -0.25) is 0 Å². The van der Waals surface area contributed by atoms with Crippen molar-refractivity contribution in [3.63, 3.8) is 0 Å². The molecule has 1 aromatic heterocycles. The maximum absolute atomic E-state index is 13.0. The van der Waals surface area contributed by atoms with Crippen LogP contribution in [0.1, 0.15) is 21.4 Å². The highest BCUT2D eigenvalue weighted by molar-refractivity contribution is 7.10. The third-order valence-electron chi connectivity index (χ3n) is 1.56. The third-order valence-corrected chi connectivity index (χ3v) is 2.57. The molecule has 0 radical (unpaired) electrons. The van der Waals surface area contributed by atoms with Crippen LogP contribution in [0.3, 0.4) is 0 Å². The van der Waals surface area contributed by atoms with Crippen LogP contribution in [0.5, 0.6) is 0 Å². The average Bonchev–Trinajstić information content (AvgIpc) is 2.64. The van der Waals surface area contributed by atoms with Gasteiger partial charge in [0.15, 0.2) is 0 Å². The maximum Gasteiger partial charge on any atom is 0.338 e. The summed E-state index contributed by atoms with van der Waals surface area (Å²) >= 11 is 1.17. The van der Waals surface area contributed by atoms with Gasteiger partial charge in [0.25, 0.3) is 0 Å². The van der Waals surface area contributed by atoms with Gasteiger partial charge in [-0.2, -0.15) is 0 Å². The summed E-state index contributed by atoms with van der Waals surface area (Å²) in [6.45, 7) is -0.0683. The molecular weight excluding hydrogens is 193 g/mol. The molecule has 0 saturated heterocycles. The van der Waals surface area contributed by atoms with Gasteiger partial charge in [-0.25, -0.2) is 9.18 Å². The third kappa shape index (κ3) is 2.26. The minimum absolute atomic E-state index is 0.0683. The quantitative estimate of drug-likeness (QED) is 0.757. The number of esters is 1. The van der Waals surface area contributed by atoms with Gasteiger partial charge in [-0.05, 0) is 6.07 Å². The van der Waals surface area contributed by atoms with Crippen LogP contribution in [-0.4, -0.2) is 19.6 Å². The minimum Gasteiger partial charge on any atom is -0.465 e. The summed E-state index contributed by atoms with van der Waals surface area (Å²) in [5.41, 5.74) is 5.51. The van der Waals surface area contributed by atoms with E-state index >= 15 is 0 Å². The molecule has 0 aromatic carbocycles. The van der Waals surface area contributed by atoms with Crippen molar-refractivity contribution in [3.8, 4) is 0 Å². The molecule has 1 rings (SSSR count). The Morgan fingerprint density at radius 2 is 2.54 bits per heavy atom. The van der Waals surface area contributed by atoms with Crippen molar-refractivity contribution in [1.82, 2.24) is 0 Å². The van der Waals surface area contributed by atoms with Gasteiger partial charge in [-0.15, -0.1) is 11.3 Å². The number of carbonyl (C=O) groups excluding carboxylic acids is 1. The van der Waals surface area contributed by atoms with Crippen LogP contribution in [0, 0.1) is 0 Å². The first kappa shape index (κ1) is 10.1. The number of ether oxygens (including phenoxy) is 1. The van der Waals surface area contributed by atoms with Gasteiger partial charge in [0.05, 0.1) is 12.7 Å². The second kappa shape index (κ2) is 4.34. The van der Waals surface area contributed by atoms with Crippen molar-refractivity contribution in [2.24, 2.45) is 5.73 Å². The summed E-state index contributed by atoms with van der Waals surface area (Å²) < 4.78 is 17.5. The number of hydrogen-bond donors (Lipinski definition) is 1. The number of carbonyl (C=O) groups is 1. The Morgan fingerprint density at radius 1 is 1.85 bits per heavy atom. The van der Waals surface area contributed by atoms with Crippen molar-refractivity contribution in [1.29, 1.82) is 0 Å². The number of rotatable bonds is 3. The number of thiophene rings is 1. The molecule has 0 bridgehead atoms. The van der Waals surface area contributed by atoms with Crippen molar-refractivity contribution in [2.75, 3.05) is 13.7 Å². The summed E-state index contributed by atoms with van der Waals surface area (Å²) in [6.07, 6.45) is -1.19. The molecule has 0 saturated carbocycles. The lowest BCUT2D eigenvalue weighted by molar-refractivity contribution is 0.0601. The van der Waals surface area contributed by atoms with Gasteiger partial charge in [0.2, 0.25) is 0 Å². The van der Waals surface area contributed by atoms with Crippen LogP contribution in [0.15, 0.2) is 11.4 Å². The number of methoxy groups -OCH3 is 1. The molecule has 0 amide bonds. The molecule has 0 spiro atoms. The SMILES string of the molecule is COC(=O)c1csc(C(F)CN)c1. The van der Waals surface area contributed by atoms with Crippen molar-refractivity contribution in [2.45, 2.75) is 6.17 Å². The van der Waals surface area contributed by atoms with Crippen molar-refractivity contribution < 1.29 is 13.9 Å². The number of alkyl halides is 1. The molecule has 2 N–H and O–H groups in total. The smallest absolute Gasteiger partial charge is 0.338 e. The Kier molecular flexibility index (Phi) is 3.39. The van der Waals surface area contributed by atoms with Crippen LogP contribution in [0.25, 0.3) is 0 Å². The fourth-order valence-corrected chi connectivity index (χ4v) is 1.72. The normalized spacial score (nSPS) is 12.5. The molecule has 13 heavy (non-hydrogen) atoms. The lowest BCUT2D eigenvalue weighted by Gasteiger charge is -1.98. The highest BCUT2D eigenvalue weighted by Crippen LogP contribution is 2.24. The first-order valence-electron chi connectivity index (χ1n) is 3.70. The zero-order valence-electron chi connectivity index (χ0n) is 7.12. The lowest BCUT2D eigenvalue weighted by atomic mass is 10.2.